The van der Waals surface area contributed by atoms with Crippen molar-refractivity contribution in [3.8, 4) is 6.07 Å². The molecule has 4 aliphatic carbocycles. The lowest BCUT2D eigenvalue weighted by atomic mass is 9.68. The monoisotopic (exact) mass is 436 g/mol. The van der Waals surface area contributed by atoms with Gasteiger partial charge in [-0.05, 0) is 61.6 Å². The maximum atomic E-state index is 13.8. The summed E-state index contributed by atoms with van der Waals surface area (Å²) in [7, 11) is 0. The van der Waals surface area contributed by atoms with Crippen molar-refractivity contribution >= 4 is 12.1 Å². The summed E-state index contributed by atoms with van der Waals surface area (Å²) in [5.74, 6) is 0.847. The summed E-state index contributed by atoms with van der Waals surface area (Å²) in [6.45, 7) is 0.669. The number of rotatable bonds is 5. The first-order valence-corrected chi connectivity index (χ1v) is 11.1. The van der Waals surface area contributed by atoms with Crippen molar-refractivity contribution in [1.82, 2.24) is 19.8 Å². The van der Waals surface area contributed by atoms with E-state index in [1.165, 1.54) is 17.1 Å². The highest BCUT2D eigenvalue weighted by molar-refractivity contribution is 5.86. The first-order chi connectivity index (χ1) is 15.5. The third-order valence-electron chi connectivity index (χ3n) is 7.54. The molecular formula is C23H22F2N6O. The summed E-state index contributed by atoms with van der Waals surface area (Å²) in [5.41, 5.74) is -0.0459. The number of benzene rings is 1. The molecule has 2 atom stereocenters. The molecule has 1 aliphatic heterocycles. The topological polar surface area (TPSA) is 87.2 Å². The molecule has 4 fully saturated rings. The van der Waals surface area contributed by atoms with Crippen LogP contribution in [0.1, 0.15) is 67.7 Å². The van der Waals surface area contributed by atoms with Gasteiger partial charge in [-0.1, -0.05) is 0 Å². The lowest BCUT2D eigenvalue weighted by Crippen LogP contribution is -2.45. The van der Waals surface area contributed by atoms with Gasteiger partial charge in [0, 0.05) is 31.2 Å². The number of carbonyl (C=O) groups is 1. The number of nitrogens with zero attached hydrogens (tertiary/aromatic N) is 6. The Balaban J connectivity index is 1.19. The fraction of sp³-hybridized carbons (Fsp3) is 0.522. The molecule has 32 heavy (non-hydrogen) atoms. The standard InChI is InChI=1S/C23H22F2N6O/c24-17-5-14(6-18(25)7-17)19-3-4-27-31(19)22(32)23-8-15(9-23)16(10-23)12-30-21(13-1-2-13)28-20(11-26)29-30/h4-7,13,15-16,19H,1-3,8-10,12H2. The average Bonchev–Trinajstić information content (AvgIpc) is 3.09. The van der Waals surface area contributed by atoms with E-state index in [2.05, 4.69) is 15.2 Å². The molecule has 164 valence electrons. The summed E-state index contributed by atoms with van der Waals surface area (Å²) < 4.78 is 29.4. The minimum absolute atomic E-state index is 0.0570. The lowest BCUT2D eigenvalue weighted by Gasteiger charge is -2.40. The fourth-order valence-corrected chi connectivity index (χ4v) is 5.89. The van der Waals surface area contributed by atoms with Crippen LogP contribution in [-0.2, 0) is 11.3 Å². The normalized spacial score (nSPS) is 30.4. The molecule has 0 saturated heterocycles. The van der Waals surface area contributed by atoms with Crippen LogP contribution >= 0.6 is 0 Å². The summed E-state index contributed by atoms with van der Waals surface area (Å²) in [5, 5.41) is 19.3. The van der Waals surface area contributed by atoms with Gasteiger partial charge in [-0.15, -0.1) is 5.10 Å². The van der Waals surface area contributed by atoms with Crippen molar-refractivity contribution in [2.24, 2.45) is 22.4 Å². The van der Waals surface area contributed by atoms with Crippen LogP contribution in [0.5, 0.6) is 0 Å². The van der Waals surface area contributed by atoms with Crippen molar-refractivity contribution in [3.05, 3.63) is 47.0 Å². The number of hydrogen-bond acceptors (Lipinski definition) is 5. The molecule has 0 radical (unpaired) electrons. The molecule has 2 aromatic rings. The van der Waals surface area contributed by atoms with Crippen LogP contribution in [0.2, 0.25) is 0 Å². The van der Waals surface area contributed by atoms with E-state index < -0.39 is 23.1 Å². The van der Waals surface area contributed by atoms with Gasteiger partial charge >= 0.3 is 0 Å². The second-order valence-corrected chi connectivity index (χ2v) is 9.68. The number of carbonyl (C=O) groups excluding carboxylic acids is 1. The number of halogens is 2. The van der Waals surface area contributed by atoms with Crippen molar-refractivity contribution in [1.29, 1.82) is 5.26 Å². The Labute approximate surface area is 183 Å². The Kier molecular flexibility index (Phi) is 4.23. The second-order valence-electron chi connectivity index (χ2n) is 9.68. The van der Waals surface area contributed by atoms with E-state index in [4.69, 9.17) is 0 Å². The van der Waals surface area contributed by atoms with Gasteiger partial charge in [0.25, 0.3) is 5.82 Å². The maximum Gasteiger partial charge on any atom is 0.252 e. The molecule has 1 aromatic carbocycles. The highest BCUT2D eigenvalue weighted by Gasteiger charge is 2.62. The molecule has 1 aromatic heterocycles. The van der Waals surface area contributed by atoms with Crippen molar-refractivity contribution in [2.75, 3.05) is 0 Å². The number of fused-ring (bicyclic) bond motifs is 1. The minimum Gasteiger partial charge on any atom is -0.272 e. The van der Waals surface area contributed by atoms with Gasteiger partial charge in [0.1, 0.15) is 23.5 Å². The van der Waals surface area contributed by atoms with Crippen LogP contribution in [0.3, 0.4) is 0 Å². The SMILES string of the molecule is N#Cc1nc(C2CC2)n(CC2CC3(C(=O)N4N=CCC4c4cc(F)cc(F)c4)CC2C3)n1. The molecular weight excluding hydrogens is 414 g/mol. The van der Waals surface area contributed by atoms with E-state index in [0.29, 0.717) is 36.3 Å². The van der Waals surface area contributed by atoms with Crippen molar-refractivity contribution in [3.63, 3.8) is 0 Å². The van der Waals surface area contributed by atoms with Gasteiger partial charge in [-0.2, -0.15) is 10.4 Å². The average molecular weight is 436 g/mol. The predicted molar refractivity (Wildman–Crippen MR) is 109 cm³/mol. The van der Waals surface area contributed by atoms with Crippen molar-refractivity contribution in [2.45, 2.75) is 57.0 Å². The number of amides is 1. The maximum absolute atomic E-state index is 13.8. The van der Waals surface area contributed by atoms with Crippen LogP contribution in [-0.4, -0.2) is 31.9 Å². The van der Waals surface area contributed by atoms with Gasteiger partial charge in [-0.25, -0.2) is 23.5 Å². The molecule has 7 nitrogen and oxygen atoms in total. The molecule has 5 aliphatic rings. The van der Waals surface area contributed by atoms with Crippen LogP contribution in [0.4, 0.5) is 8.78 Å². The molecule has 9 heteroatoms. The zero-order valence-corrected chi connectivity index (χ0v) is 17.4. The first kappa shape index (κ1) is 19.5. The van der Waals surface area contributed by atoms with Gasteiger partial charge in [-0.3, -0.25) is 4.79 Å². The van der Waals surface area contributed by atoms with Gasteiger partial charge in [0.05, 0.1) is 11.5 Å². The summed E-state index contributed by atoms with van der Waals surface area (Å²) in [6, 6.07) is 4.94. The van der Waals surface area contributed by atoms with Gasteiger partial charge in [0.15, 0.2) is 0 Å². The van der Waals surface area contributed by atoms with E-state index in [0.717, 1.165) is 44.0 Å². The summed E-state index contributed by atoms with van der Waals surface area (Å²) >= 11 is 0. The molecule has 2 unspecified atom stereocenters. The van der Waals surface area contributed by atoms with E-state index in [-0.39, 0.29) is 11.7 Å². The number of hydrazone groups is 1. The second kappa shape index (κ2) is 6.92. The third-order valence-corrected chi connectivity index (χ3v) is 7.54. The largest absolute Gasteiger partial charge is 0.272 e. The highest BCUT2D eigenvalue weighted by atomic mass is 19.1. The number of nitriles is 1. The zero-order valence-electron chi connectivity index (χ0n) is 17.4. The molecule has 7 rings (SSSR count). The van der Waals surface area contributed by atoms with Gasteiger partial charge in [0.2, 0.25) is 5.91 Å². The van der Waals surface area contributed by atoms with Crippen LogP contribution < -0.4 is 0 Å². The summed E-state index contributed by atoms with van der Waals surface area (Å²) in [4.78, 5) is 17.9. The smallest absolute Gasteiger partial charge is 0.252 e. The first-order valence-electron chi connectivity index (χ1n) is 11.1. The lowest BCUT2D eigenvalue weighted by molar-refractivity contribution is -0.148. The Morgan fingerprint density at radius 3 is 2.62 bits per heavy atom. The fourth-order valence-electron chi connectivity index (χ4n) is 5.89. The molecule has 1 amide bonds. The van der Waals surface area contributed by atoms with E-state index in [1.807, 2.05) is 10.8 Å². The number of hydrogen-bond donors (Lipinski definition) is 0. The van der Waals surface area contributed by atoms with Crippen LogP contribution in [0.15, 0.2) is 23.3 Å². The molecule has 2 bridgehead atoms. The molecule has 0 N–H and O–H groups in total. The van der Waals surface area contributed by atoms with E-state index in [1.54, 1.807) is 6.21 Å². The van der Waals surface area contributed by atoms with Gasteiger partial charge < -0.3 is 0 Å². The van der Waals surface area contributed by atoms with Crippen LogP contribution in [0, 0.1) is 40.2 Å². The summed E-state index contributed by atoms with van der Waals surface area (Å²) in [6.07, 6.45) is 6.57. The van der Waals surface area contributed by atoms with E-state index in [9.17, 15) is 18.8 Å². The Morgan fingerprint density at radius 2 is 1.94 bits per heavy atom. The van der Waals surface area contributed by atoms with E-state index >= 15 is 0 Å². The quantitative estimate of drug-likeness (QED) is 0.715. The predicted octanol–water partition coefficient (Wildman–Crippen LogP) is 3.68. The highest BCUT2D eigenvalue weighted by Crippen LogP contribution is 2.63. The Bertz CT molecular complexity index is 1150. The molecule has 0 spiro atoms. The third kappa shape index (κ3) is 3.04. The van der Waals surface area contributed by atoms with Crippen molar-refractivity contribution < 1.29 is 13.6 Å². The molecule has 4 saturated carbocycles. The minimum atomic E-state index is -0.655. The van der Waals surface area contributed by atoms with Crippen LogP contribution in [0.25, 0.3) is 0 Å². The number of aromatic nitrogens is 3. The Hall–Kier alpha value is -3.15. The zero-order chi connectivity index (χ0) is 22.0. The molecule has 2 heterocycles. The Morgan fingerprint density at radius 1 is 1.19 bits per heavy atom.